The van der Waals surface area contributed by atoms with Gasteiger partial charge in [0.15, 0.2) is 0 Å². The number of sulfonamides is 1. The minimum Gasteiger partial charge on any atom is -0.367 e. The van der Waals surface area contributed by atoms with Gasteiger partial charge in [0.2, 0.25) is 10.0 Å². The van der Waals surface area contributed by atoms with Crippen molar-refractivity contribution in [2.75, 3.05) is 16.9 Å². The van der Waals surface area contributed by atoms with Gasteiger partial charge in [-0.25, -0.2) is 13.6 Å². The van der Waals surface area contributed by atoms with E-state index >= 15 is 0 Å². The van der Waals surface area contributed by atoms with E-state index in [1.807, 2.05) is 42.5 Å². The lowest BCUT2D eigenvalue weighted by Crippen LogP contribution is -2.21. The summed E-state index contributed by atoms with van der Waals surface area (Å²) in [6, 6.07) is 21.3. The van der Waals surface area contributed by atoms with Gasteiger partial charge in [0.25, 0.3) is 5.69 Å². The molecule has 0 bridgehead atoms. The van der Waals surface area contributed by atoms with Crippen molar-refractivity contribution in [1.29, 1.82) is 0 Å². The lowest BCUT2D eigenvalue weighted by Gasteiger charge is -2.23. The van der Waals surface area contributed by atoms with E-state index < -0.39 is 20.6 Å². The van der Waals surface area contributed by atoms with Crippen LogP contribution in [0.2, 0.25) is 0 Å². The maximum Gasteiger partial charge on any atom is 0.295 e. The van der Waals surface area contributed by atoms with Crippen molar-refractivity contribution in [2.24, 2.45) is 10.2 Å². The molecule has 0 saturated heterocycles. The van der Waals surface area contributed by atoms with Gasteiger partial charge in [0, 0.05) is 24.8 Å². The second kappa shape index (κ2) is 10.0. The van der Waals surface area contributed by atoms with Crippen LogP contribution in [0.25, 0.3) is 0 Å². The molecule has 0 saturated carbocycles. The number of primary sulfonamides is 1. The summed E-state index contributed by atoms with van der Waals surface area (Å²) in [5.41, 5.74) is 5.27. The fourth-order valence-corrected chi connectivity index (χ4v) is 3.60. The quantitative estimate of drug-likeness (QED) is 0.288. The normalized spacial score (nSPS) is 11.4. The van der Waals surface area contributed by atoms with E-state index in [1.54, 1.807) is 0 Å². The van der Waals surface area contributed by atoms with Crippen LogP contribution in [0.4, 0.5) is 17.1 Å². The zero-order chi connectivity index (χ0) is 23.1. The van der Waals surface area contributed by atoms with Crippen LogP contribution in [0.15, 0.2) is 82.8 Å². The van der Waals surface area contributed by atoms with Gasteiger partial charge in [-0.05, 0) is 42.3 Å². The monoisotopic (exact) mass is 453 g/mol. The van der Waals surface area contributed by atoms with Crippen molar-refractivity contribution in [3.63, 3.8) is 0 Å². The Morgan fingerprint density at radius 1 is 1.09 bits per heavy atom. The van der Waals surface area contributed by atoms with E-state index in [0.29, 0.717) is 0 Å². The molecular formula is C22H23N5O4S. The highest BCUT2D eigenvalue weighted by atomic mass is 32.2. The highest BCUT2D eigenvalue weighted by Gasteiger charge is 2.18. The van der Waals surface area contributed by atoms with Crippen LogP contribution < -0.4 is 15.5 Å². The molecule has 0 radical (unpaired) electrons. The van der Waals surface area contributed by atoms with Gasteiger partial charge in [0.05, 0.1) is 16.0 Å². The molecule has 0 spiro atoms. The lowest BCUT2D eigenvalue weighted by atomic mass is 10.1. The van der Waals surface area contributed by atoms with Crippen molar-refractivity contribution in [1.82, 2.24) is 0 Å². The van der Waals surface area contributed by atoms with Gasteiger partial charge in [-0.2, -0.15) is 5.10 Å². The first-order chi connectivity index (χ1) is 15.3. The molecule has 32 heavy (non-hydrogen) atoms. The Morgan fingerprint density at radius 3 is 2.38 bits per heavy atom. The number of hydrogen-bond donors (Lipinski definition) is 2. The summed E-state index contributed by atoms with van der Waals surface area (Å²) >= 11 is 0. The molecule has 0 unspecified atom stereocenters. The first-order valence-corrected chi connectivity index (χ1v) is 11.3. The molecule has 3 aromatic rings. The molecule has 9 nitrogen and oxygen atoms in total. The number of hydrazone groups is 1. The van der Waals surface area contributed by atoms with Crippen LogP contribution in [-0.2, 0) is 16.6 Å². The Hall–Kier alpha value is -3.76. The van der Waals surface area contributed by atoms with Crippen LogP contribution in [0.5, 0.6) is 0 Å². The van der Waals surface area contributed by atoms with Crippen LogP contribution in [0.1, 0.15) is 18.1 Å². The van der Waals surface area contributed by atoms with Crippen molar-refractivity contribution in [2.45, 2.75) is 18.4 Å². The molecule has 3 rings (SSSR count). The van der Waals surface area contributed by atoms with Crippen LogP contribution >= 0.6 is 0 Å². The SMILES string of the molecule is CCN(Cc1ccccc1)c1ccc(/C=N\Nc2ccc(S(N)(=O)=O)cc2[N+](=O)[O-])cc1. The third-order valence-corrected chi connectivity index (χ3v) is 5.66. The van der Waals surface area contributed by atoms with Gasteiger partial charge < -0.3 is 4.90 Å². The predicted molar refractivity (Wildman–Crippen MR) is 125 cm³/mol. The van der Waals surface area contributed by atoms with Gasteiger partial charge in [-0.15, -0.1) is 0 Å². The maximum absolute atomic E-state index is 11.4. The predicted octanol–water partition coefficient (Wildman–Crippen LogP) is 3.71. The van der Waals surface area contributed by atoms with E-state index in [9.17, 15) is 18.5 Å². The van der Waals surface area contributed by atoms with Crippen molar-refractivity contribution >= 4 is 33.3 Å². The standard InChI is InChI=1S/C22H23N5O4S/c1-2-26(16-18-6-4-3-5-7-18)19-10-8-17(9-11-19)15-24-25-21-13-12-20(32(23,30)31)14-22(21)27(28)29/h3-15,25H,2,16H2,1H3,(H2,23,30,31)/b24-15-. The van der Waals surface area contributed by atoms with Crippen LogP contribution in [0.3, 0.4) is 0 Å². The fraction of sp³-hybridized carbons (Fsp3) is 0.136. The molecule has 0 fully saturated rings. The summed E-state index contributed by atoms with van der Waals surface area (Å²) in [7, 11) is -4.05. The summed E-state index contributed by atoms with van der Waals surface area (Å²) in [5.74, 6) is 0. The summed E-state index contributed by atoms with van der Waals surface area (Å²) in [4.78, 5) is 12.5. The molecule has 166 valence electrons. The average molecular weight is 454 g/mol. The average Bonchev–Trinajstić information content (AvgIpc) is 2.78. The molecule has 0 aromatic heterocycles. The summed E-state index contributed by atoms with van der Waals surface area (Å²) in [6.07, 6.45) is 1.52. The van der Waals surface area contributed by atoms with Crippen molar-refractivity contribution in [3.05, 3.63) is 94.0 Å². The molecule has 0 amide bonds. The third kappa shape index (κ3) is 5.90. The number of anilines is 2. The number of nitrogens with two attached hydrogens (primary N) is 1. The molecule has 10 heteroatoms. The molecule has 0 heterocycles. The number of rotatable bonds is 9. The van der Waals surface area contributed by atoms with Gasteiger partial charge in [0.1, 0.15) is 5.69 Å². The van der Waals surface area contributed by atoms with Gasteiger partial charge >= 0.3 is 0 Å². The molecule has 0 aliphatic carbocycles. The number of nitro benzene ring substituents is 1. The Labute approximate surface area is 186 Å². The van der Waals surface area contributed by atoms with Crippen molar-refractivity contribution in [3.8, 4) is 0 Å². The number of hydrogen-bond acceptors (Lipinski definition) is 7. The van der Waals surface area contributed by atoms with E-state index in [2.05, 4.69) is 34.5 Å². The van der Waals surface area contributed by atoms with E-state index in [-0.39, 0.29) is 10.6 Å². The smallest absolute Gasteiger partial charge is 0.295 e. The first kappa shape index (κ1) is 22.9. The highest BCUT2D eigenvalue weighted by molar-refractivity contribution is 7.89. The largest absolute Gasteiger partial charge is 0.367 e. The van der Waals surface area contributed by atoms with Gasteiger partial charge in [-0.1, -0.05) is 42.5 Å². The topological polar surface area (TPSA) is 131 Å². The second-order valence-corrected chi connectivity index (χ2v) is 8.50. The molecule has 0 atom stereocenters. The molecule has 0 aliphatic heterocycles. The lowest BCUT2D eigenvalue weighted by molar-refractivity contribution is -0.384. The Bertz CT molecular complexity index is 1210. The minimum absolute atomic E-state index is 0.0512. The minimum atomic E-state index is -4.05. The van der Waals surface area contributed by atoms with Gasteiger partial charge in [-0.3, -0.25) is 15.5 Å². The third-order valence-electron chi connectivity index (χ3n) is 4.75. The Kier molecular flexibility index (Phi) is 7.18. The number of benzene rings is 3. The molecule has 0 aliphatic rings. The zero-order valence-electron chi connectivity index (χ0n) is 17.4. The summed E-state index contributed by atoms with van der Waals surface area (Å²) in [6.45, 7) is 3.74. The first-order valence-electron chi connectivity index (χ1n) is 9.77. The summed E-state index contributed by atoms with van der Waals surface area (Å²) in [5, 5.41) is 20.3. The number of nitro groups is 1. The fourth-order valence-electron chi connectivity index (χ4n) is 3.07. The summed E-state index contributed by atoms with van der Waals surface area (Å²) < 4.78 is 22.8. The van der Waals surface area contributed by atoms with E-state index in [0.717, 1.165) is 30.4 Å². The molecular weight excluding hydrogens is 430 g/mol. The van der Waals surface area contributed by atoms with Crippen molar-refractivity contribution < 1.29 is 13.3 Å². The number of nitrogens with one attached hydrogen (secondary N) is 1. The zero-order valence-corrected chi connectivity index (χ0v) is 18.2. The maximum atomic E-state index is 11.4. The molecule has 3 N–H and O–H groups in total. The second-order valence-electron chi connectivity index (χ2n) is 6.94. The highest BCUT2D eigenvalue weighted by Crippen LogP contribution is 2.27. The van der Waals surface area contributed by atoms with E-state index in [4.69, 9.17) is 5.14 Å². The Balaban J connectivity index is 1.70. The van der Waals surface area contributed by atoms with Crippen LogP contribution in [-0.4, -0.2) is 26.1 Å². The Morgan fingerprint density at radius 2 is 1.78 bits per heavy atom. The van der Waals surface area contributed by atoms with E-state index in [1.165, 1.54) is 23.9 Å². The molecule has 3 aromatic carbocycles. The van der Waals surface area contributed by atoms with Crippen LogP contribution in [0, 0.1) is 10.1 Å². The number of nitrogens with zero attached hydrogens (tertiary/aromatic N) is 3.